The molecule has 1 aliphatic rings. The molecular formula is C18H25FN2O3. The summed E-state index contributed by atoms with van der Waals surface area (Å²) in [6, 6.07) is 4.81. The molecule has 24 heavy (non-hydrogen) atoms. The van der Waals surface area contributed by atoms with Crippen LogP contribution in [0, 0.1) is 11.7 Å². The maximum absolute atomic E-state index is 14.2. The first-order valence-electron chi connectivity index (χ1n) is 8.23. The molecule has 6 heteroatoms. The van der Waals surface area contributed by atoms with Crippen LogP contribution in [0.4, 0.5) is 10.1 Å². The summed E-state index contributed by atoms with van der Waals surface area (Å²) in [5.74, 6) is -0.915. The zero-order valence-electron chi connectivity index (χ0n) is 14.7. The summed E-state index contributed by atoms with van der Waals surface area (Å²) in [4.78, 5) is 27.3. The molecule has 5 nitrogen and oxygen atoms in total. The van der Waals surface area contributed by atoms with E-state index in [1.165, 1.54) is 13.0 Å². The summed E-state index contributed by atoms with van der Waals surface area (Å²) in [5.41, 5.74) is 1.08. The molecule has 1 heterocycles. The minimum Gasteiger partial charge on any atom is -0.457 e. The molecule has 1 atom stereocenters. The Balaban J connectivity index is 2.04. The van der Waals surface area contributed by atoms with Crippen LogP contribution >= 0.6 is 0 Å². The summed E-state index contributed by atoms with van der Waals surface area (Å²) < 4.78 is 19.8. The van der Waals surface area contributed by atoms with Crippen molar-refractivity contribution in [1.29, 1.82) is 0 Å². The molecule has 0 saturated carbocycles. The lowest BCUT2D eigenvalue weighted by Gasteiger charge is -2.31. The Kier molecular flexibility index (Phi) is 5.80. The van der Waals surface area contributed by atoms with Gasteiger partial charge in [0.1, 0.15) is 11.9 Å². The quantitative estimate of drug-likeness (QED) is 0.794. The van der Waals surface area contributed by atoms with Gasteiger partial charge in [-0.15, -0.1) is 0 Å². The standard InChI is InChI=1S/C18H25FN2O3/c1-12(17-15(19)6-5-7-16(17)20(3)4)24-18(23)14-8-10-21(11-9-14)13(2)22/h5-7,12,14H,8-11H2,1-4H3/t12-/m0/s1. The van der Waals surface area contributed by atoms with E-state index in [0.29, 0.717) is 37.2 Å². The highest BCUT2D eigenvalue weighted by molar-refractivity contribution is 5.75. The highest BCUT2D eigenvalue weighted by atomic mass is 19.1. The maximum Gasteiger partial charge on any atom is 0.309 e. The second kappa shape index (κ2) is 7.64. The monoisotopic (exact) mass is 336 g/mol. The van der Waals surface area contributed by atoms with Crippen LogP contribution in [0.3, 0.4) is 0 Å². The van der Waals surface area contributed by atoms with Crippen molar-refractivity contribution in [3.05, 3.63) is 29.6 Å². The molecule has 132 valence electrons. The van der Waals surface area contributed by atoms with Gasteiger partial charge < -0.3 is 14.5 Å². The van der Waals surface area contributed by atoms with E-state index in [4.69, 9.17) is 4.74 Å². The van der Waals surface area contributed by atoms with Gasteiger partial charge in [-0.2, -0.15) is 0 Å². The Bertz CT molecular complexity index is 610. The van der Waals surface area contributed by atoms with Crippen molar-refractivity contribution >= 4 is 17.6 Å². The van der Waals surface area contributed by atoms with Crippen LogP contribution in [-0.2, 0) is 14.3 Å². The number of esters is 1. The van der Waals surface area contributed by atoms with Crippen molar-refractivity contribution in [3.8, 4) is 0 Å². The summed E-state index contributed by atoms with van der Waals surface area (Å²) in [6.45, 7) is 4.34. The highest BCUT2D eigenvalue weighted by Gasteiger charge is 2.29. The van der Waals surface area contributed by atoms with Gasteiger partial charge in [0.2, 0.25) is 5.91 Å². The number of ether oxygens (including phenoxy) is 1. The fourth-order valence-corrected chi connectivity index (χ4v) is 3.08. The Hall–Kier alpha value is -2.11. The number of hydrogen-bond acceptors (Lipinski definition) is 4. The van der Waals surface area contributed by atoms with E-state index >= 15 is 0 Å². The van der Waals surface area contributed by atoms with E-state index in [9.17, 15) is 14.0 Å². The van der Waals surface area contributed by atoms with E-state index in [1.807, 2.05) is 14.1 Å². The van der Waals surface area contributed by atoms with Gasteiger partial charge in [0, 0.05) is 39.8 Å². The molecule has 0 unspecified atom stereocenters. The van der Waals surface area contributed by atoms with Gasteiger partial charge in [0.25, 0.3) is 0 Å². The molecule has 1 aromatic carbocycles. The predicted octanol–water partition coefficient (Wildman–Crippen LogP) is 2.75. The second-order valence-electron chi connectivity index (χ2n) is 6.43. The van der Waals surface area contributed by atoms with Crippen molar-refractivity contribution in [2.75, 3.05) is 32.1 Å². The number of rotatable bonds is 4. The third-order valence-corrected chi connectivity index (χ3v) is 4.48. The van der Waals surface area contributed by atoms with Gasteiger partial charge in [-0.1, -0.05) is 6.07 Å². The molecule has 0 aliphatic carbocycles. The molecule has 0 N–H and O–H groups in total. The van der Waals surface area contributed by atoms with E-state index in [1.54, 1.807) is 28.9 Å². The predicted molar refractivity (Wildman–Crippen MR) is 90.2 cm³/mol. The molecule has 1 fully saturated rings. The van der Waals surface area contributed by atoms with Crippen LogP contribution in [-0.4, -0.2) is 44.0 Å². The summed E-state index contributed by atoms with van der Waals surface area (Å²) in [5, 5.41) is 0. The van der Waals surface area contributed by atoms with Crippen LogP contribution in [0.25, 0.3) is 0 Å². The summed E-state index contributed by atoms with van der Waals surface area (Å²) in [6.07, 6.45) is 0.508. The van der Waals surface area contributed by atoms with Crippen molar-refractivity contribution < 1.29 is 18.7 Å². The number of amides is 1. The topological polar surface area (TPSA) is 49.9 Å². The number of likely N-dealkylation sites (tertiary alicyclic amines) is 1. The largest absolute Gasteiger partial charge is 0.457 e. The van der Waals surface area contributed by atoms with Gasteiger partial charge in [-0.05, 0) is 31.9 Å². The number of carbonyl (C=O) groups excluding carboxylic acids is 2. The van der Waals surface area contributed by atoms with E-state index in [0.717, 1.165) is 0 Å². The van der Waals surface area contributed by atoms with Crippen LogP contribution in [0.15, 0.2) is 18.2 Å². The van der Waals surface area contributed by atoms with Gasteiger partial charge in [-0.3, -0.25) is 9.59 Å². The van der Waals surface area contributed by atoms with E-state index in [-0.39, 0.29) is 23.6 Å². The Morgan fingerprint density at radius 1 is 1.29 bits per heavy atom. The average molecular weight is 336 g/mol. The number of nitrogens with zero attached hydrogens (tertiary/aromatic N) is 2. The lowest BCUT2D eigenvalue weighted by atomic mass is 9.96. The Morgan fingerprint density at radius 2 is 1.92 bits per heavy atom. The van der Waals surface area contributed by atoms with Crippen LogP contribution in [0.2, 0.25) is 0 Å². The average Bonchev–Trinajstić information content (AvgIpc) is 2.54. The third kappa shape index (κ3) is 4.04. The number of benzene rings is 1. The SMILES string of the molecule is CC(=O)N1CCC(C(=O)O[C@@H](C)c2c(F)cccc2N(C)C)CC1. The number of piperidine rings is 1. The van der Waals surface area contributed by atoms with Gasteiger partial charge >= 0.3 is 5.97 Å². The van der Waals surface area contributed by atoms with Crippen LogP contribution < -0.4 is 4.90 Å². The molecule has 1 saturated heterocycles. The van der Waals surface area contributed by atoms with Gasteiger partial charge in [0.05, 0.1) is 11.5 Å². The van der Waals surface area contributed by atoms with Crippen LogP contribution in [0.1, 0.15) is 38.4 Å². The Labute approximate surface area is 142 Å². The highest BCUT2D eigenvalue weighted by Crippen LogP contribution is 2.31. The zero-order valence-corrected chi connectivity index (χ0v) is 14.7. The zero-order chi connectivity index (χ0) is 17.9. The number of halogens is 1. The number of anilines is 1. The Morgan fingerprint density at radius 3 is 2.46 bits per heavy atom. The van der Waals surface area contributed by atoms with E-state index in [2.05, 4.69) is 0 Å². The molecule has 0 aromatic heterocycles. The van der Waals surface area contributed by atoms with Crippen LogP contribution in [0.5, 0.6) is 0 Å². The second-order valence-corrected chi connectivity index (χ2v) is 6.43. The summed E-state index contributed by atoms with van der Waals surface area (Å²) in [7, 11) is 3.65. The number of hydrogen-bond donors (Lipinski definition) is 0. The normalized spacial score (nSPS) is 16.6. The van der Waals surface area contributed by atoms with Crippen molar-refractivity contribution in [2.45, 2.75) is 32.8 Å². The molecular weight excluding hydrogens is 311 g/mol. The molecule has 1 amide bonds. The first kappa shape index (κ1) is 18.2. The molecule has 0 radical (unpaired) electrons. The fraction of sp³-hybridized carbons (Fsp3) is 0.556. The minimum atomic E-state index is -0.665. The third-order valence-electron chi connectivity index (χ3n) is 4.48. The lowest BCUT2D eigenvalue weighted by molar-refractivity contribution is -0.156. The molecule has 1 aromatic rings. The van der Waals surface area contributed by atoms with Crippen molar-refractivity contribution in [3.63, 3.8) is 0 Å². The fourth-order valence-electron chi connectivity index (χ4n) is 3.08. The van der Waals surface area contributed by atoms with Gasteiger partial charge in [-0.25, -0.2) is 4.39 Å². The minimum absolute atomic E-state index is 0.0252. The molecule has 0 bridgehead atoms. The summed E-state index contributed by atoms with van der Waals surface area (Å²) >= 11 is 0. The first-order chi connectivity index (χ1) is 11.3. The smallest absolute Gasteiger partial charge is 0.309 e. The lowest BCUT2D eigenvalue weighted by Crippen LogP contribution is -2.39. The van der Waals surface area contributed by atoms with E-state index < -0.39 is 6.10 Å². The van der Waals surface area contributed by atoms with Crippen molar-refractivity contribution in [1.82, 2.24) is 4.90 Å². The molecule has 0 spiro atoms. The first-order valence-corrected chi connectivity index (χ1v) is 8.23. The maximum atomic E-state index is 14.2. The molecule has 2 rings (SSSR count). The molecule has 1 aliphatic heterocycles. The van der Waals surface area contributed by atoms with Crippen molar-refractivity contribution in [2.24, 2.45) is 5.92 Å². The van der Waals surface area contributed by atoms with Gasteiger partial charge in [0.15, 0.2) is 0 Å². The number of carbonyl (C=O) groups is 2.